The molecular formula is C36H42F3N5O8S. The largest absolute Gasteiger partial charge is 0.472 e. The molecule has 3 fully saturated rings. The fourth-order valence-electron chi connectivity index (χ4n) is 6.81. The number of carbonyl (C=O) groups excluding carboxylic acids is 4. The van der Waals surface area contributed by atoms with Gasteiger partial charge in [0.15, 0.2) is 0 Å². The van der Waals surface area contributed by atoms with Crippen LogP contribution in [0, 0.1) is 5.92 Å². The molecule has 2 saturated carbocycles. The molecule has 0 spiro atoms. The Bertz CT molecular complexity index is 1900. The molecule has 0 radical (unpaired) electrons. The number of hydrogen-bond acceptors (Lipinski definition) is 9. The van der Waals surface area contributed by atoms with Crippen molar-refractivity contribution in [3.63, 3.8) is 0 Å². The summed E-state index contributed by atoms with van der Waals surface area (Å²) in [6.45, 7) is 3.49. The molecule has 17 heteroatoms. The maximum atomic E-state index is 14.2. The number of pyridine rings is 1. The van der Waals surface area contributed by atoms with E-state index in [1.54, 1.807) is 12.3 Å². The van der Waals surface area contributed by atoms with Crippen LogP contribution in [0.5, 0.6) is 5.88 Å². The Labute approximate surface area is 304 Å². The number of alkyl halides is 3. The van der Waals surface area contributed by atoms with Crippen molar-refractivity contribution in [3.8, 4) is 5.88 Å². The van der Waals surface area contributed by atoms with E-state index in [2.05, 4.69) is 26.9 Å². The van der Waals surface area contributed by atoms with Gasteiger partial charge in [0.2, 0.25) is 27.7 Å². The highest BCUT2D eigenvalue weighted by Crippen LogP contribution is 2.45. The third-order valence-electron chi connectivity index (χ3n) is 9.98. The normalized spacial score (nSPS) is 27.3. The van der Waals surface area contributed by atoms with Gasteiger partial charge in [0.1, 0.15) is 23.7 Å². The van der Waals surface area contributed by atoms with Gasteiger partial charge in [-0.15, -0.1) is 6.58 Å². The van der Waals surface area contributed by atoms with Crippen molar-refractivity contribution >= 4 is 50.7 Å². The minimum absolute atomic E-state index is 0.00385. The molecule has 4 aliphatic rings. The van der Waals surface area contributed by atoms with Crippen molar-refractivity contribution in [2.45, 2.75) is 99.4 Å². The van der Waals surface area contributed by atoms with Crippen LogP contribution in [0.15, 0.2) is 49.2 Å². The molecule has 1 aromatic heterocycles. The van der Waals surface area contributed by atoms with Crippen molar-refractivity contribution in [1.82, 2.24) is 25.2 Å². The highest BCUT2D eigenvalue weighted by atomic mass is 32.2. The maximum absolute atomic E-state index is 14.2. The Morgan fingerprint density at radius 1 is 1.17 bits per heavy atom. The number of nitrogens with one attached hydrogen (secondary N) is 3. The first kappa shape index (κ1) is 38.1. The summed E-state index contributed by atoms with van der Waals surface area (Å²) >= 11 is 0. The van der Waals surface area contributed by atoms with E-state index in [1.165, 1.54) is 6.08 Å². The van der Waals surface area contributed by atoms with E-state index >= 15 is 0 Å². The number of alkyl carbamates (subject to hydrolysis) is 1. The van der Waals surface area contributed by atoms with Crippen LogP contribution >= 0.6 is 0 Å². The molecule has 5 atom stereocenters. The number of fused-ring (bicyclic) bond motifs is 3. The number of nitrogens with zero attached hydrogens (tertiary/aromatic N) is 2. The Balaban J connectivity index is 1.31. The molecule has 1 aromatic carbocycles. The summed E-state index contributed by atoms with van der Waals surface area (Å²) in [7, 11) is -3.97. The quantitative estimate of drug-likeness (QED) is 0.316. The number of hydrogen-bond donors (Lipinski definition) is 3. The molecule has 53 heavy (non-hydrogen) atoms. The van der Waals surface area contributed by atoms with Gasteiger partial charge >= 0.3 is 12.3 Å². The van der Waals surface area contributed by atoms with Gasteiger partial charge < -0.3 is 25.0 Å². The topological polar surface area (TPSA) is 173 Å². The van der Waals surface area contributed by atoms with Crippen molar-refractivity contribution in [2.24, 2.45) is 5.92 Å². The van der Waals surface area contributed by atoms with Crippen LogP contribution in [0.4, 0.5) is 18.0 Å². The van der Waals surface area contributed by atoms with E-state index in [9.17, 15) is 40.8 Å². The Morgan fingerprint density at radius 2 is 1.96 bits per heavy atom. The molecule has 4 bridgehead atoms. The van der Waals surface area contributed by atoms with Crippen molar-refractivity contribution < 1.29 is 50.2 Å². The second-order valence-electron chi connectivity index (χ2n) is 14.0. The lowest BCUT2D eigenvalue weighted by Crippen LogP contribution is -2.58. The zero-order chi connectivity index (χ0) is 38.0. The molecule has 286 valence electrons. The van der Waals surface area contributed by atoms with Crippen LogP contribution in [0.25, 0.3) is 16.8 Å². The lowest BCUT2D eigenvalue weighted by atomic mass is 10.1. The zero-order valence-electron chi connectivity index (χ0n) is 28.9. The van der Waals surface area contributed by atoms with Crippen LogP contribution in [-0.2, 0) is 29.1 Å². The van der Waals surface area contributed by atoms with Gasteiger partial charge in [-0.2, -0.15) is 13.2 Å². The number of ether oxygens (including phenoxy) is 2. The van der Waals surface area contributed by atoms with Gasteiger partial charge in [-0.25, -0.2) is 18.2 Å². The van der Waals surface area contributed by atoms with Gasteiger partial charge in [-0.1, -0.05) is 30.4 Å². The first-order valence-electron chi connectivity index (χ1n) is 17.7. The second-order valence-corrected chi connectivity index (χ2v) is 16.0. The number of allylic oxidation sites excluding steroid dienone is 1. The van der Waals surface area contributed by atoms with Crippen LogP contribution < -0.4 is 20.1 Å². The fraction of sp³-hybridized carbons (Fsp3) is 0.528. The summed E-state index contributed by atoms with van der Waals surface area (Å²) in [5, 5.41) is 5.86. The monoisotopic (exact) mass is 761 g/mol. The highest BCUT2D eigenvalue weighted by molar-refractivity contribution is 7.91. The number of cyclic esters (lactones) is 1. The van der Waals surface area contributed by atoms with Crippen LogP contribution in [-0.4, -0.2) is 90.4 Å². The van der Waals surface area contributed by atoms with Crippen molar-refractivity contribution in [3.05, 3.63) is 54.8 Å². The molecule has 3 N–H and O–H groups in total. The number of halogens is 3. The number of benzene rings is 1. The van der Waals surface area contributed by atoms with Crippen LogP contribution in [0.2, 0.25) is 0 Å². The standard InChI is InChI=1S/C36H42F3N5O8S/c1-2-24-20-35(24,33(47)43-53(49,50)26-12-13-26)42-30(45)29-19-25-21-44(29)32(46)28(9-7-15-36(37,38)39)41-34(48)51-17-6-4-3-5-8-22-10-11-23-14-16-40-31(52-25)27(23)18-22/h2,5,8,10-11,14,16,18,24-26,28-29H,1,3-4,6-7,9,12-13,15,17,19-21H2,(H,41,48)(H,42,45)(H,43,47)/b8-5+/t24-,25-,28+,29+,35-/m1/s1. The first-order chi connectivity index (χ1) is 25.2. The predicted molar refractivity (Wildman–Crippen MR) is 187 cm³/mol. The average Bonchev–Trinajstić information content (AvgIpc) is 4.03. The van der Waals surface area contributed by atoms with Gasteiger partial charge in [0.05, 0.1) is 18.4 Å². The number of sulfonamides is 1. The lowest BCUT2D eigenvalue weighted by Gasteiger charge is -2.29. The number of aromatic nitrogens is 1. The summed E-state index contributed by atoms with van der Waals surface area (Å²) in [4.78, 5) is 60.2. The first-order valence-corrected chi connectivity index (χ1v) is 19.3. The Morgan fingerprint density at radius 3 is 2.68 bits per heavy atom. The van der Waals surface area contributed by atoms with E-state index in [-0.39, 0.29) is 31.9 Å². The molecule has 13 nitrogen and oxygen atoms in total. The van der Waals surface area contributed by atoms with Crippen molar-refractivity contribution in [1.29, 1.82) is 0 Å². The second kappa shape index (κ2) is 15.4. The van der Waals surface area contributed by atoms with Crippen LogP contribution in [0.3, 0.4) is 0 Å². The van der Waals surface area contributed by atoms with E-state index in [1.807, 2.05) is 30.4 Å². The highest BCUT2D eigenvalue weighted by Gasteiger charge is 2.62. The summed E-state index contributed by atoms with van der Waals surface area (Å²) in [6, 6.07) is 4.72. The summed E-state index contributed by atoms with van der Waals surface area (Å²) in [6.07, 6.45) is 0.999. The van der Waals surface area contributed by atoms with E-state index in [0.29, 0.717) is 37.5 Å². The van der Waals surface area contributed by atoms with Crippen molar-refractivity contribution in [2.75, 3.05) is 13.2 Å². The summed E-state index contributed by atoms with van der Waals surface area (Å²) in [5.74, 6) is -2.98. The molecule has 2 aromatic rings. The van der Waals surface area contributed by atoms with E-state index < -0.39 is 94.2 Å². The Hall–Kier alpha value is -4.67. The minimum Gasteiger partial charge on any atom is -0.472 e. The zero-order valence-corrected chi connectivity index (χ0v) is 29.7. The molecule has 1 saturated heterocycles. The van der Waals surface area contributed by atoms with E-state index in [4.69, 9.17) is 9.47 Å². The number of amides is 4. The third kappa shape index (κ3) is 9.11. The average molecular weight is 762 g/mol. The molecule has 4 amide bonds. The summed E-state index contributed by atoms with van der Waals surface area (Å²) in [5.41, 5.74) is -0.783. The number of carbonyl (C=O) groups is 4. The lowest BCUT2D eigenvalue weighted by molar-refractivity contribution is -0.143. The molecule has 3 heterocycles. The third-order valence-corrected chi connectivity index (χ3v) is 11.8. The number of rotatable bonds is 9. The molecule has 2 aliphatic heterocycles. The minimum atomic E-state index is -4.51. The van der Waals surface area contributed by atoms with Gasteiger partial charge in [0.25, 0.3) is 5.91 Å². The fourth-order valence-corrected chi connectivity index (χ4v) is 8.17. The van der Waals surface area contributed by atoms with Gasteiger partial charge in [-0.05, 0) is 74.4 Å². The van der Waals surface area contributed by atoms with Crippen LogP contribution in [0.1, 0.15) is 69.8 Å². The summed E-state index contributed by atoms with van der Waals surface area (Å²) < 4.78 is 78.4. The van der Waals surface area contributed by atoms with E-state index in [0.717, 1.165) is 15.8 Å². The molecular weight excluding hydrogens is 719 g/mol. The SMILES string of the molecule is C=C[C@@H]1C[C@]1(NC(=O)[C@@H]1C[C@@H]2CN1C(=O)[C@H](CCCC(F)(F)F)NC(=O)OCCCC/C=C/c1ccc3ccnc(c3c1)O2)C(=O)NS(=O)(=O)C1CC1. The molecule has 0 unspecified atom stereocenters. The smallest absolute Gasteiger partial charge is 0.407 e. The Kier molecular flexibility index (Phi) is 11.0. The molecule has 2 aliphatic carbocycles. The van der Waals surface area contributed by atoms with Gasteiger partial charge in [-0.3, -0.25) is 19.1 Å². The van der Waals surface area contributed by atoms with Gasteiger partial charge in [0, 0.05) is 30.3 Å². The maximum Gasteiger partial charge on any atom is 0.407 e. The molecule has 6 rings (SSSR count). The predicted octanol–water partition coefficient (Wildman–Crippen LogP) is 4.28.